The van der Waals surface area contributed by atoms with Gasteiger partial charge >= 0.3 is 6.18 Å². The van der Waals surface area contributed by atoms with E-state index in [1.807, 2.05) is 0 Å². The smallest absolute Gasteiger partial charge is 0.320 e. The molecule has 0 aliphatic heterocycles. The highest BCUT2D eigenvalue weighted by Crippen LogP contribution is 2.31. The molecule has 106 valence electrons. The third-order valence-electron chi connectivity index (χ3n) is 3.17. The van der Waals surface area contributed by atoms with Crippen LogP contribution in [-0.4, -0.2) is 0 Å². The Bertz CT molecular complexity index is 602. The van der Waals surface area contributed by atoms with Crippen LogP contribution in [0.25, 0.3) is 0 Å². The van der Waals surface area contributed by atoms with E-state index in [9.17, 15) is 17.6 Å². The molecule has 2 rings (SSSR count). The van der Waals surface area contributed by atoms with E-state index in [-0.39, 0.29) is 0 Å². The van der Waals surface area contributed by atoms with Crippen LogP contribution in [0.2, 0.25) is 0 Å². The highest BCUT2D eigenvalue weighted by Gasteiger charge is 2.30. The third-order valence-corrected chi connectivity index (χ3v) is 3.17. The fourth-order valence-corrected chi connectivity index (χ4v) is 2.01. The molecule has 2 aromatic rings. The van der Waals surface area contributed by atoms with Crippen molar-refractivity contribution in [3.63, 3.8) is 0 Å². The normalized spacial score (nSPS) is 13.3. The van der Waals surface area contributed by atoms with Crippen LogP contribution >= 0.6 is 0 Å². The van der Waals surface area contributed by atoms with Crippen molar-refractivity contribution in [2.45, 2.75) is 19.1 Å². The van der Waals surface area contributed by atoms with Gasteiger partial charge in [-0.05, 0) is 47.9 Å². The largest absolute Gasteiger partial charge is 0.416 e. The first-order valence-corrected chi connectivity index (χ1v) is 5.98. The Balaban J connectivity index is 2.34. The lowest BCUT2D eigenvalue weighted by atomic mass is 9.95. The molecule has 0 fully saturated rings. The van der Waals surface area contributed by atoms with Crippen LogP contribution in [0.4, 0.5) is 17.6 Å². The number of halogens is 4. The number of aryl methyl sites for hydroxylation is 1. The fraction of sp³-hybridized carbons (Fsp3) is 0.200. The summed E-state index contributed by atoms with van der Waals surface area (Å²) in [5.41, 5.74) is 7.12. The molecule has 0 amide bonds. The molecule has 20 heavy (non-hydrogen) atoms. The maximum Gasteiger partial charge on any atom is 0.416 e. The van der Waals surface area contributed by atoms with Gasteiger partial charge in [-0.15, -0.1) is 0 Å². The maximum atomic E-state index is 13.2. The van der Waals surface area contributed by atoms with E-state index in [4.69, 9.17) is 5.73 Å². The number of hydrogen-bond acceptors (Lipinski definition) is 1. The van der Waals surface area contributed by atoms with Gasteiger partial charge in [0.2, 0.25) is 0 Å². The average Bonchev–Trinajstić information content (AvgIpc) is 2.40. The number of nitrogens with two attached hydrogens (primary N) is 1. The van der Waals surface area contributed by atoms with E-state index in [1.165, 1.54) is 24.3 Å². The molecule has 0 heterocycles. The van der Waals surface area contributed by atoms with E-state index in [2.05, 4.69) is 0 Å². The van der Waals surface area contributed by atoms with Crippen LogP contribution in [0.1, 0.15) is 28.3 Å². The van der Waals surface area contributed by atoms with Gasteiger partial charge in [0.15, 0.2) is 0 Å². The van der Waals surface area contributed by atoms with Crippen LogP contribution < -0.4 is 5.73 Å². The first-order chi connectivity index (χ1) is 9.29. The van der Waals surface area contributed by atoms with Crippen LogP contribution in [0, 0.1) is 12.7 Å². The molecular weight excluding hydrogens is 270 g/mol. The molecule has 0 aliphatic carbocycles. The monoisotopic (exact) mass is 283 g/mol. The van der Waals surface area contributed by atoms with Crippen molar-refractivity contribution < 1.29 is 17.6 Å². The van der Waals surface area contributed by atoms with Crippen molar-refractivity contribution in [3.05, 3.63) is 70.5 Å². The maximum absolute atomic E-state index is 13.2. The quantitative estimate of drug-likeness (QED) is 0.821. The van der Waals surface area contributed by atoms with Gasteiger partial charge in [0, 0.05) is 0 Å². The Morgan fingerprint density at radius 1 is 1.00 bits per heavy atom. The summed E-state index contributed by atoms with van der Waals surface area (Å²) in [7, 11) is 0. The van der Waals surface area contributed by atoms with Gasteiger partial charge in [-0.1, -0.05) is 18.2 Å². The Hall–Kier alpha value is -1.88. The minimum absolute atomic E-state index is 0.423. The molecule has 0 aliphatic rings. The van der Waals surface area contributed by atoms with E-state index < -0.39 is 23.6 Å². The van der Waals surface area contributed by atoms with Crippen LogP contribution in [0.5, 0.6) is 0 Å². The van der Waals surface area contributed by atoms with Gasteiger partial charge in [0.1, 0.15) is 5.82 Å². The lowest BCUT2D eigenvalue weighted by Gasteiger charge is -2.16. The zero-order valence-corrected chi connectivity index (χ0v) is 10.7. The second-order valence-corrected chi connectivity index (χ2v) is 4.60. The summed E-state index contributed by atoms with van der Waals surface area (Å²) in [5.74, 6) is -0.423. The number of benzene rings is 2. The fourth-order valence-electron chi connectivity index (χ4n) is 2.01. The van der Waals surface area contributed by atoms with Crippen molar-refractivity contribution >= 4 is 0 Å². The molecule has 1 unspecified atom stereocenters. The summed E-state index contributed by atoms with van der Waals surface area (Å²) in [6.45, 7) is 1.78. The minimum Gasteiger partial charge on any atom is -0.320 e. The van der Waals surface area contributed by atoms with Crippen molar-refractivity contribution in [2.75, 3.05) is 0 Å². The van der Waals surface area contributed by atoms with Gasteiger partial charge in [0.25, 0.3) is 0 Å². The lowest BCUT2D eigenvalue weighted by Crippen LogP contribution is -2.14. The first kappa shape index (κ1) is 14.5. The Kier molecular flexibility index (Phi) is 3.81. The Labute approximate surface area is 114 Å². The molecule has 1 nitrogen and oxygen atoms in total. The number of rotatable bonds is 2. The summed E-state index contributed by atoms with van der Waals surface area (Å²) in [4.78, 5) is 0. The van der Waals surface area contributed by atoms with E-state index in [1.54, 1.807) is 13.0 Å². The standard InChI is InChI=1S/C15H13F4N/c1-9-2-7-12(16)8-13(9)14(20)10-3-5-11(6-4-10)15(17,18)19/h2-8,14H,20H2,1H3. The summed E-state index contributed by atoms with van der Waals surface area (Å²) < 4.78 is 50.7. The van der Waals surface area contributed by atoms with Crippen molar-refractivity contribution in [2.24, 2.45) is 5.73 Å². The highest BCUT2D eigenvalue weighted by molar-refractivity contribution is 5.38. The summed E-state index contributed by atoms with van der Waals surface area (Å²) in [6, 6.07) is 8.14. The average molecular weight is 283 g/mol. The summed E-state index contributed by atoms with van der Waals surface area (Å²) in [5, 5.41) is 0. The van der Waals surface area contributed by atoms with E-state index in [0.717, 1.165) is 17.7 Å². The number of hydrogen-bond donors (Lipinski definition) is 1. The molecule has 0 radical (unpaired) electrons. The SMILES string of the molecule is Cc1ccc(F)cc1C(N)c1ccc(C(F)(F)F)cc1. The van der Waals surface area contributed by atoms with Crippen LogP contribution in [-0.2, 0) is 6.18 Å². The second-order valence-electron chi connectivity index (χ2n) is 4.60. The molecule has 2 N–H and O–H groups in total. The Morgan fingerprint density at radius 2 is 1.60 bits per heavy atom. The molecule has 0 spiro atoms. The second kappa shape index (κ2) is 5.25. The minimum atomic E-state index is -4.38. The third kappa shape index (κ3) is 2.99. The molecular formula is C15H13F4N. The van der Waals surface area contributed by atoms with Crippen molar-refractivity contribution in [1.29, 1.82) is 0 Å². The number of alkyl halides is 3. The van der Waals surface area contributed by atoms with Crippen LogP contribution in [0.15, 0.2) is 42.5 Å². The molecule has 5 heteroatoms. The first-order valence-electron chi connectivity index (χ1n) is 5.98. The molecule has 1 atom stereocenters. The molecule has 0 saturated carbocycles. The summed E-state index contributed by atoms with van der Waals surface area (Å²) in [6.07, 6.45) is -4.38. The topological polar surface area (TPSA) is 26.0 Å². The zero-order valence-electron chi connectivity index (χ0n) is 10.7. The molecule has 0 aromatic heterocycles. The van der Waals surface area contributed by atoms with Crippen molar-refractivity contribution in [3.8, 4) is 0 Å². The van der Waals surface area contributed by atoms with Gasteiger partial charge in [0.05, 0.1) is 11.6 Å². The van der Waals surface area contributed by atoms with Gasteiger partial charge in [-0.25, -0.2) is 4.39 Å². The molecule has 2 aromatic carbocycles. The molecule has 0 saturated heterocycles. The van der Waals surface area contributed by atoms with Gasteiger partial charge in [-0.3, -0.25) is 0 Å². The van der Waals surface area contributed by atoms with E-state index >= 15 is 0 Å². The predicted octanol–water partition coefficient (Wildman–Crippen LogP) is 4.20. The highest BCUT2D eigenvalue weighted by atomic mass is 19.4. The predicted molar refractivity (Wildman–Crippen MR) is 68.6 cm³/mol. The van der Waals surface area contributed by atoms with E-state index in [0.29, 0.717) is 11.1 Å². The Morgan fingerprint density at radius 3 is 2.15 bits per heavy atom. The van der Waals surface area contributed by atoms with Crippen molar-refractivity contribution in [1.82, 2.24) is 0 Å². The van der Waals surface area contributed by atoms with Gasteiger partial charge in [-0.2, -0.15) is 13.2 Å². The lowest BCUT2D eigenvalue weighted by molar-refractivity contribution is -0.137. The summed E-state index contributed by atoms with van der Waals surface area (Å²) >= 11 is 0. The molecule has 0 bridgehead atoms. The zero-order chi connectivity index (χ0) is 14.9. The van der Waals surface area contributed by atoms with Crippen LogP contribution in [0.3, 0.4) is 0 Å². The van der Waals surface area contributed by atoms with Gasteiger partial charge < -0.3 is 5.73 Å².